The number of piperazine rings is 1. The summed E-state index contributed by atoms with van der Waals surface area (Å²) in [5.74, 6) is 0.525. The third kappa shape index (κ3) is 3.23. The van der Waals surface area contributed by atoms with Crippen molar-refractivity contribution in [3.05, 3.63) is 40.6 Å². The second-order valence-corrected chi connectivity index (χ2v) is 6.59. The Bertz CT molecular complexity index is 682. The van der Waals surface area contributed by atoms with Gasteiger partial charge in [0.25, 0.3) is 0 Å². The zero-order valence-corrected chi connectivity index (χ0v) is 15.3. The number of hydrogen-bond donors (Lipinski definition) is 1. The highest BCUT2D eigenvalue weighted by Crippen LogP contribution is 2.40. The molecule has 2 aliphatic heterocycles. The lowest BCUT2D eigenvalue weighted by Crippen LogP contribution is -2.52. The first kappa shape index (κ1) is 17.1. The molecule has 1 atom stereocenters. The zero-order chi connectivity index (χ0) is 17.1. The Morgan fingerprint density at radius 3 is 2.88 bits per heavy atom. The molecule has 0 aliphatic carbocycles. The molecule has 128 valence electrons. The van der Waals surface area contributed by atoms with E-state index in [0.29, 0.717) is 10.9 Å². The number of hydrogen-bond acceptors (Lipinski definition) is 5. The van der Waals surface area contributed by atoms with E-state index in [0.717, 1.165) is 43.4 Å². The number of benzene rings is 1. The second-order valence-electron chi connectivity index (χ2n) is 5.73. The molecule has 0 amide bonds. The lowest BCUT2D eigenvalue weighted by molar-refractivity contribution is 0.249. The third-order valence-electron chi connectivity index (χ3n) is 4.18. The fourth-order valence-electron chi connectivity index (χ4n) is 3.07. The molecule has 1 aromatic carbocycles. The van der Waals surface area contributed by atoms with Crippen LogP contribution in [-0.4, -0.2) is 48.3 Å². The first-order valence-corrected chi connectivity index (χ1v) is 8.87. The quantitative estimate of drug-likeness (QED) is 0.631. The number of hydrazone groups is 1. The Hall–Kier alpha value is -1.73. The maximum atomic E-state index is 14.1. The van der Waals surface area contributed by atoms with Gasteiger partial charge >= 0.3 is 0 Å². The van der Waals surface area contributed by atoms with Gasteiger partial charge in [-0.25, -0.2) is 14.4 Å². The molecular formula is C17H21BrFN5. The van der Waals surface area contributed by atoms with Gasteiger partial charge in [-0.2, -0.15) is 5.10 Å². The zero-order valence-electron chi connectivity index (χ0n) is 13.7. The van der Waals surface area contributed by atoms with E-state index in [4.69, 9.17) is 4.99 Å². The highest BCUT2D eigenvalue weighted by atomic mass is 79.9. The SMILES string of the molecule is C=CCC1c2cc(F)c(Br)cc2N=C(N2CCNCC2)N1/N=C\C. The van der Waals surface area contributed by atoms with Gasteiger partial charge < -0.3 is 10.2 Å². The number of nitrogens with one attached hydrogen (secondary N) is 1. The standard InChI is InChI=1S/C17H21BrFN5/c1-3-5-16-12-10-14(19)13(18)11-15(12)22-17(24(16)21-4-2)23-8-6-20-7-9-23/h3-4,10-11,16,20H,1,5-9H2,2H3/b21-4-. The Morgan fingerprint density at radius 1 is 1.46 bits per heavy atom. The molecule has 7 heteroatoms. The molecule has 1 fully saturated rings. The fraction of sp³-hybridized carbons (Fsp3) is 0.412. The number of rotatable bonds is 3. The van der Waals surface area contributed by atoms with Crippen molar-refractivity contribution in [2.24, 2.45) is 10.1 Å². The van der Waals surface area contributed by atoms with Gasteiger partial charge in [-0.1, -0.05) is 6.08 Å². The van der Waals surface area contributed by atoms with Gasteiger partial charge in [0.1, 0.15) is 5.82 Å². The molecule has 0 bridgehead atoms. The molecule has 0 spiro atoms. The highest BCUT2D eigenvalue weighted by molar-refractivity contribution is 9.10. The van der Waals surface area contributed by atoms with Crippen LogP contribution in [0.4, 0.5) is 10.1 Å². The molecule has 5 nitrogen and oxygen atoms in total. The summed E-state index contributed by atoms with van der Waals surface area (Å²) < 4.78 is 14.5. The molecule has 1 saturated heterocycles. The Labute approximate surface area is 150 Å². The molecule has 1 N–H and O–H groups in total. The van der Waals surface area contributed by atoms with Crippen LogP contribution in [0.3, 0.4) is 0 Å². The summed E-state index contributed by atoms with van der Waals surface area (Å²) in [6.07, 6.45) is 4.25. The van der Waals surface area contributed by atoms with Crippen molar-refractivity contribution in [1.82, 2.24) is 15.2 Å². The molecule has 0 saturated carbocycles. The smallest absolute Gasteiger partial charge is 0.223 e. The minimum atomic E-state index is -0.288. The Morgan fingerprint density at radius 2 is 2.21 bits per heavy atom. The van der Waals surface area contributed by atoms with Crippen molar-refractivity contribution < 1.29 is 4.39 Å². The van der Waals surface area contributed by atoms with Crippen LogP contribution in [0.5, 0.6) is 0 Å². The fourth-order valence-corrected chi connectivity index (χ4v) is 3.40. The topological polar surface area (TPSA) is 43.2 Å². The minimum absolute atomic E-state index is 0.112. The Balaban J connectivity index is 2.11. The molecule has 1 unspecified atom stereocenters. The molecule has 24 heavy (non-hydrogen) atoms. The van der Waals surface area contributed by atoms with Gasteiger partial charge in [-0.05, 0) is 41.4 Å². The van der Waals surface area contributed by atoms with Crippen molar-refractivity contribution in [3.8, 4) is 0 Å². The van der Waals surface area contributed by atoms with Gasteiger partial charge in [-0.15, -0.1) is 6.58 Å². The molecule has 2 aliphatic rings. The van der Waals surface area contributed by atoms with Gasteiger partial charge in [0, 0.05) is 38.0 Å². The average molecular weight is 394 g/mol. The molecule has 0 aromatic heterocycles. The van der Waals surface area contributed by atoms with Crippen LogP contribution >= 0.6 is 15.9 Å². The monoisotopic (exact) mass is 393 g/mol. The van der Waals surface area contributed by atoms with Gasteiger partial charge in [-0.3, -0.25) is 0 Å². The van der Waals surface area contributed by atoms with Crippen LogP contribution in [-0.2, 0) is 0 Å². The van der Waals surface area contributed by atoms with Crippen LogP contribution in [0.15, 0.2) is 39.4 Å². The van der Waals surface area contributed by atoms with Gasteiger partial charge in [0.15, 0.2) is 0 Å². The van der Waals surface area contributed by atoms with Gasteiger partial charge in [0.05, 0.1) is 16.2 Å². The van der Waals surface area contributed by atoms with Crippen molar-refractivity contribution in [3.63, 3.8) is 0 Å². The number of nitrogens with zero attached hydrogens (tertiary/aromatic N) is 4. The summed E-state index contributed by atoms with van der Waals surface area (Å²) in [6, 6.07) is 3.18. The average Bonchev–Trinajstić information content (AvgIpc) is 2.59. The summed E-state index contributed by atoms with van der Waals surface area (Å²) in [7, 11) is 0. The maximum Gasteiger partial charge on any atom is 0.223 e. The third-order valence-corrected chi connectivity index (χ3v) is 4.79. The van der Waals surface area contributed by atoms with Crippen molar-refractivity contribution in [1.29, 1.82) is 0 Å². The van der Waals surface area contributed by atoms with Crippen molar-refractivity contribution >= 4 is 33.8 Å². The predicted octanol–water partition coefficient (Wildman–Crippen LogP) is 3.42. The first-order valence-electron chi connectivity index (χ1n) is 8.07. The highest BCUT2D eigenvalue weighted by Gasteiger charge is 2.33. The van der Waals surface area contributed by atoms with Crippen molar-refractivity contribution in [2.45, 2.75) is 19.4 Å². The molecule has 1 aromatic rings. The van der Waals surface area contributed by atoms with E-state index in [9.17, 15) is 4.39 Å². The lowest BCUT2D eigenvalue weighted by Gasteiger charge is -2.40. The molecule has 3 rings (SSSR count). The van der Waals surface area contributed by atoms with Crippen LogP contribution in [0.2, 0.25) is 0 Å². The van der Waals surface area contributed by atoms with E-state index < -0.39 is 0 Å². The number of aliphatic imine (C=N–C) groups is 1. The summed E-state index contributed by atoms with van der Waals surface area (Å²) in [5.41, 5.74) is 1.62. The summed E-state index contributed by atoms with van der Waals surface area (Å²) in [5, 5.41) is 9.76. The number of fused-ring (bicyclic) bond motifs is 1. The van der Waals surface area contributed by atoms with E-state index in [2.05, 4.69) is 37.8 Å². The predicted molar refractivity (Wildman–Crippen MR) is 99.2 cm³/mol. The van der Waals surface area contributed by atoms with Crippen LogP contribution in [0, 0.1) is 5.82 Å². The van der Waals surface area contributed by atoms with E-state index in [1.165, 1.54) is 0 Å². The van der Waals surface area contributed by atoms with E-state index in [-0.39, 0.29) is 11.9 Å². The van der Waals surface area contributed by atoms with E-state index in [1.54, 1.807) is 18.3 Å². The second kappa shape index (κ2) is 7.44. The van der Waals surface area contributed by atoms with E-state index >= 15 is 0 Å². The summed E-state index contributed by atoms with van der Waals surface area (Å²) in [4.78, 5) is 7.02. The Kier molecular flexibility index (Phi) is 5.30. The van der Waals surface area contributed by atoms with Gasteiger partial charge in [0.2, 0.25) is 5.96 Å². The molecule has 2 heterocycles. The normalized spacial score (nSPS) is 21.0. The van der Waals surface area contributed by atoms with Crippen LogP contribution < -0.4 is 5.32 Å². The van der Waals surface area contributed by atoms with Crippen LogP contribution in [0.25, 0.3) is 0 Å². The van der Waals surface area contributed by atoms with Crippen molar-refractivity contribution in [2.75, 3.05) is 26.2 Å². The summed E-state index contributed by atoms with van der Waals surface area (Å²) >= 11 is 3.26. The molecular weight excluding hydrogens is 373 g/mol. The van der Waals surface area contributed by atoms with Crippen LogP contribution in [0.1, 0.15) is 24.9 Å². The first-order chi connectivity index (χ1) is 11.7. The summed E-state index contributed by atoms with van der Waals surface area (Å²) in [6.45, 7) is 9.29. The number of halogens is 2. The molecule has 0 radical (unpaired) electrons. The minimum Gasteiger partial charge on any atom is -0.338 e. The largest absolute Gasteiger partial charge is 0.338 e. The number of guanidine groups is 1. The maximum absolute atomic E-state index is 14.1. The van der Waals surface area contributed by atoms with E-state index in [1.807, 2.05) is 18.0 Å². The lowest BCUT2D eigenvalue weighted by atomic mass is 9.99.